The molecule has 0 bridgehead atoms. The molecule has 5 nitrogen and oxygen atoms in total. The van der Waals surface area contributed by atoms with Gasteiger partial charge in [-0.15, -0.1) is 0 Å². The Hall–Kier alpha value is -1.72. The van der Waals surface area contributed by atoms with Gasteiger partial charge >= 0.3 is 0 Å². The number of nitrogens with one attached hydrogen (secondary N) is 2. The zero-order valence-corrected chi connectivity index (χ0v) is 13.9. The smallest absolute Gasteiger partial charge is 0.192 e. The number of aromatic nitrogens is 1. The molecular formula is C15H18Cl2N4O. The van der Waals surface area contributed by atoms with Crippen LogP contribution in [0.25, 0.3) is 0 Å². The third-order valence-corrected chi connectivity index (χ3v) is 3.77. The van der Waals surface area contributed by atoms with E-state index in [0.717, 1.165) is 17.8 Å². The molecular weight excluding hydrogens is 323 g/mol. The van der Waals surface area contributed by atoms with E-state index in [1.165, 1.54) is 6.26 Å². The minimum absolute atomic E-state index is 0.0323. The van der Waals surface area contributed by atoms with E-state index < -0.39 is 0 Å². The molecule has 22 heavy (non-hydrogen) atoms. The summed E-state index contributed by atoms with van der Waals surface area (Å²) in [6, 6.07) is 7.40. The van der Waals surface area contributed by atoms with Gasteiger partial charge in [0.25, 0.3) is 0 Å². The maximum atomic E-state index is 6.06. The normalized spacial score (nSPS) is 13.0. The van der Waals surface area contributed by atoms with Crippen molar-refractivity contribution in [3.8, 4) is 0 Å². The molecule has 2 rings (SSSR count). The van der Waals surface area contributed by atoms with Gasteiger partial charge in [0.1, 0.15) is 12.0 Å². The van der Waals surface area contributed by atoms with E-state index in [9.17, 15) is 0 Å². The first-order valence-electron chi connectivity index (χ1n) is 6.99. The SMILES string of the molecule is CCNC(=NCc1ccon1)NC(C)c1ccc(Cl)c(Cl)c1. The van der Waals surface area contributed by atoms with Gasteiger partial charge in [-0.2, -0.15) is 0 Å². The van der Waals surface area contributed by atoms with Crippen molar-refractivity contribution in [1.82, 2.24) is 15.8 Å². The fraction of sp³-hybridized carbons (Fsp3) is 0.333. The molecule has 1 heterocycles. The largest absolute Gasteiger partial charge is 0.364 e. The van der Waals surface area contributed by atoms with Crippen molar-refractivity contribution in [1.29, 1.82) is 0 Å². The molecule has 1 aromatic carbocycles. The molecule has 0 aliphatic rings. The topological polar surface area (TPSA) is 62.5 Å². The lowest BCUT2D eigenvalue weighted by Crippen LogP contribution is -2.38. The molecule has 2 N–H and O–H groups in total. The maximum Gasteiger partial charge on any atom is 0.192 e. The van der Waals surface area contributed by atoms with Gasteiger partial charge in [0.05, 0.1) is 22.6 Å². The van der Waals surface area contributed by atoms with Gasteiger partial charge in [-0.3, -0.25) is 0 Å². The third kappa shape index (κ3) is 4.64. The highest BCUT2D eigenvalue weighted by molar-refractivity contribution is 6.42. The molecule has 0 saturated heterocycles. The lowest BCUT2D eigenvalue weighted by Gasteiger charge is -2.18. The molecule has 0 fully saturated rings. The summed E-state index contributed by atoms with van der Waals surface area (Å²) in [5.74, 6) is 0.698. The van der Waals surface area contributed by atoms with Crippen LogP contribution in [-0.4, -0.2) is 17.7 Å². The van der Waals surface area contributed by atoms with Crippen LogP contribution in [0.4, 0.5) is 0 Å². The summed E-state index contributed by atoms with van der Waals surface area (Å²) in [4.78, 5) is 4.47. The van der Waals surface area contributed by atoms with E-state index in [4.69, 9.17) is 27.7 Å². The molecule has 7 heteroatoms. The van der Waals surface area contributed by atoms with Gasteiger partial charge in [-0.1, -0.05) is 34.4 Å². The fourth-order valence-corrected chi connectivity index (χ4v) is 2.18. The Labute approximate surface area is 139 Å². The molecule has 1 unspecified atom stereocenters. The van der Waals surface area contributed by atoms with E-state index in [1.807, 2.05) is 26.0 Å². The molecule has 1 aromatic heterocycles. The summed E-state index contributed by atoms with van der Waals surface area (Å²) in [6.45, 7) is 5.25. The van der Waals surface area contributed by atoms with E-state index in [0.29, 0.717) is 22.5 Å². The summed E-state index contributed by atoms with van der Waals surface area (Å²) in [5.41, 5.74) is 1.81. The number of aliphatic imine (C=N–C) groups is 1. The summed E-state index contributed by atoms with van der Waals surface area (Å²) in [7, 11) is 0. The van der Waals surface area contributed by atoms with Crippen molar-refractivity contribution in [3.63, 3.8) is 0 Å². The van der Waals surface area contributed by atoms with Crippen LogP contribution in [-0.2, 0) is 6.54 Å². The number of rotatable bonds is 5. The van der Waals surface area contributed by atoms with Crippen LogP contribution in [0.15, 0.2) is 40.0 Å². The predicted octanol–water partition coefficient (Wildman–Crippen LogP) is 3.80. The molecule has 0 saturated carbocycles. The second-order valence-corrected chi connectivity index (χ2v) is 5.54. The third-order valence-electron chi connectivity index (χ3n) is 3.03. The molecule has 2 aromatic rings. The van der Waals surface area contributed by atoms with Crippen LogP contribution in [0, 0.1) is 0 Å². The molecule has 0 spiro atoms. The summed E-state index contributed by atoms with van der Waals surface area (Å²) < 4.78 is 4.79. The molecule has 0 aliphatic carbocycles. The van der Waals surface area contributed by atoms with Crippen LogP contribution in [0.1, 0.15) is 31.1 Å². The number of hydrogen-bond donors (Lipinski definition) is 2. The number of guanidine groups is 1. The second kappa shape index (κ2) is 8.06. The second-order valence-electron chi connectivity index (χ2n) is 4.73. The Morgan fingerprint density at radius 1 is 1.32 bits per heavy atom. The van der Waals surface area contributed by atoms with Gasteiger partial charge in [0.2, 0.25) is 0 Å². The molecule has 118 valence electrons. The summed E-state index contributed by atoms with van der Waals surface area (Å²) in [5, 5.41) is 11.4. The molecule has 1 atom stereocenters. The van der Waals surface area contributed by atoms with E-state index in [1.54, 1.807) is 12.1 Å². The van der Waals surface area contributed by atoms with Crippen molar-refractivity contribution in [2.75, 3.05) is 6.54 Å². The van der Waals surface area contributed by atoms with Crippen LogP contribution in [0.2, 0.25) is 10.0 Å². The first kappa shape index (κ1) is 16.6. The lowest BCUT2D eigenvalue weighted by atomic mass is 10.1. The van der Waals surface area contributed by atoms with Gasteiger partial charge in [0.15, 0.2) is 5.96 Å². The number of hydrogen-bond acceptors (Lipinski definition) is 3. The quantitative estimate of drug-likeness (QED) is 0.641. The van der Waals surface area contributed by atoms with Crippen molar-refractivity contribution in [2.45, 2.75) is 26.4 Å². The van der Waals surface area contributed by atoms with Crippen molar-refractivity contribution < 1.29 is 4.52 Å². The monoisotopic (exact) mass is 340 g/mol. The van der Waals surface area contributed by atoms with Crippen LogP contribution < -0.4 is 10.6 Å². The number of nitrogens with zero attached hydrogens (tertiary/aromatic N) is 2. The Bertz CT molecular complexity index is 628. The highest BCUT2D eigenvalue weighted by atomic mass is 35.5. The van der Waals surface area contributed by atoms with E-state index in [2.05, 4.69) is 20.8 Å². The van der Waals surface area contributed by atoms with Gasteiger partial charge in [-0.25, -0.2) is 4.99 Å². The van der Waals surface area contributed by atoms with Crippen molar-refractivity contribution in [2.24, 2.45) is 4.99 Å². The maximum absolute atomic E-state index is 6.06. The average molecular weight is 341 g/mol. The molecule has 0 amide bonds. The van der Waals surface area contributed by atoms with E-state index >= 15 is 0 Å². The zero-order chi connectivity index (χ0) is 15.9. The first-order valence-corrected chi connectivity index (χ1v) is 7.74. The van der Waals surface area contributed by atoms with Crippen molar-refractivity contribution in [3.05, 3.63) is 51.8 Å². The first-order chi connectivity index (χ1) is 10.6. The van der Waals surface area contributed by atoms with Gasteiger partial charge < -0.3 is 15.2 Å². The Kier molecular flexibility index (Phi) is 6.10. The highest BCUT2D eigenvalue weighted by Gasteiger charge is 2.10. The Balaban J connectivity index is 2.05. The van der Waals surface area contributed by atoms with Crippen LogP contribution >= 0.6 is 23.2 Å². The van der Waals surface area contributed by atoms with Gasteiger partial charge in [0, 0.05) is 12.6 Å². The van der Waals surface area contributed by atoms with Crippen LogP contribution in [0.5, 0.6) is 0 Å². The Morgan fingerprint density at radius 2 is 2.14 bits per heavy atom. The summed E-state index contributed by atoms with van der Waals surface area (Å²) >= 11 is 12.0. The minimum Gasteiger partial charge on any atom is -0.364 e. The standard InChI is InChI=1S/C15H18Cl2N4O/c1-3-18-15(19-9-12-6-7-22-21-12)20-10(2)11-4-5-13(16)14(17)8-11/h4-8,10H,3,9H2,1-2H3,(H2,18,19,20). The summed E-state index contributed by atoms with van der Waals surface area (Å²) in [6.07, 6.45) is 1.53. The van der Waals surface area contributed by atoms with Crippen LogP contribution in [0.3, 0.4) is 0 Å². The Morgan fingerprint density at radius 3 is 2.77 bits per heavy atom. The minimum atomic E-state index is 0.0323. The van der Waals surface area contributed by atoms with Gasteiger partial charge in [-0.05, 0) is 31.5 Å². The lowest BCUT2D eigenvalue weighted by molar-refractivity contribution is 0.412. The number of halogens is 2. The zero-order valence-electron chi connectivity index (χ0n) is 12.4. The van der Waals surface area contributed by atoms with E-state index in [-0.39, 0.29) is 6.04 Å². The fourth-order valence-electron chi connectivity index (χ4n) is 1.87. The average Bonchev–Trinajstić information content (AvgIpc) is 3.01. The van der Waals surface area contributed by atoms with Crippen molar-refractivity contribution >= 4 is 29.2 Å². The number of benzene rings is 1. The highest BCUT2D eigenvalue weighted by Crippen LogP contribution is 2.25. The molecule has 0 aliphatic heterocycles. The molecule has 0 radical (unpaired) electrons. The predicted molar refractivity (Wildman–Crippen MR) is 89.3 cm³/mol.